The molecular formula is C13H17ClN4O2S. The van der Waals surface area contributed by atoms with E-state index in [1.165, 1.54) is 12.1 Å². The molecule has 21 heavy (non-hydrogen) atoms. The van der Waals surface area contributed by atoms with Crippen LogP contribution in [-0.2, 0) is 10.0 Å². The molecule has 0 aliphatic heterocycles. The van der Waals surface area contributed by atoms with E-state index < -0.39 is 10.0 Å². The van der Waals surface area contributed by atoms with Gasteiger partial charge in [0.05, 0.1) is 4.90 Å². The van der Waals surface area contributed by atoms with Gasteiger partial charge in [0.2, 0.25) is 0 Å². The monoisotopic (exact) mass is 328 g/mol. The van der Waals surface area contributed by atoms with Crippen LogP contribution in [0.3, 0.4) is 0 Å². The van der Waals surface area contributed by atoms with Gasteiger partial charge in [-0.05, 0) is 30.5 Å². The number of hydrogen-bond acceptors (Lipinski definition) is 4. The molecule has 0 amide bonds. The number of rotatable bonds is 4. The van der Waals surface area contributed by atoms with Crippen molar-refractivity contribution >= 4 is 33.1 Å². The van der Waals surface area contributed by atoms with E-state index in [4.69, 9.17) is 17.3 Å². The molecule has 1 heterocycles. The van der Waals surface area contributed by atoms with Crippen LogP contribution < -0.4 is 10.5 Å². The lowest BCUT2D eigenvalue weighted by Crippen LogP contribution is -2.15. The number of aromatic amines is 1. The van der Waals surface area contributed by atoms with Crippen LogP contribution in [0.4, 0.5) is 11.5 Å². The third-order valence-electron chi connectivity index (χ3n) is 3.11. The Labute approximate surface area is 128 Å². The van der Waals surface area contributed by atoms with E-state index in [1.54, 1.807) is 13.0 Å². The molecule has 8 heteroatoms. The second kappa shape index (κ2) is 5.57. The summed E-state index contributed by atoms with van der Waals surface area (Å²) >= 11 is 5.88. The standard InChI is InChI=1S/C13H17ClN4O2S/c1-7(2)11-6-13(17-16-11)18-21(19,20)12-5-9(14)4-10(15)8(12)3/h4-7H,15H2,1-3H3,(H2,16,17,18). The van der Waals surface area contributed by atoms with Crippen LogP contribution in [0, 0.1) is 6.92 Å². The molecule has 0 unspecified atom stereocenters. The minimum Gasteiger partial charge on any atom is -0.398 e. The van der Waals surface area contributed by atoms with E-state index in [2.05, 4.69) is 14.9 Å². The maximum absolute atomic E-state index is 12.4. The zero-order valence-corrected chi connectivity index (χ0v) is 13.5. The molecule has 1 aromatic carbocycles. The van der Waals surface area contributed by atoms with Crippen LogP contribution in [0.2, 0.25) is 5.02 Å². The van der Waals surface area contributed by atoms with Crippen LogP contribution in [0.5, 0.6) is 0 Å². The van der Waals surface area contributed by atoms with Crippen molar-refractivity contribution in [2.75, 3.05) is 10.5 Å². The zero-order valence-electron chi connectivity index (χ0n) is 11.9. The average Bonchev–Trinajstić information content (AvgIpc) is 2.81. The molecule has 0 saturated carbocycles. The number of halogens is 1. The predicted octanol–water partition coefficient (Wildman–Crippen LogP) is 2.88. The Kier molecular flexibility index (Phi) is 4.15. The minimum absolute atomic E-state index is 0.0431. The molecule has 0 bridgehead atoms. The Morgan fingerprint density at radius 1 is 1.33 bits per heavy atom. The number of nitrogens with zero attached hydrogens (tertiary/aromatic N) is 1. The Balaban J connectivity index is 2.38. The Morgan fingerprint density at radius 3 is 2.57 bits per heavy atom. The first-order valence-electron chi connectivity index (χ1n) is 6.34. The molecule has 0 aliphatic carbocycles. The zero-order chi connectivity index (χ0) is 15.8. The van der Waals surface area contributed by atoms with Gasteiger partial charge in [0.1, 0.15) is 0 Å². The largest absolute Gasteiger partial charge is 0.398 e. The van der Waals surface area contributed by atoms with Crippen molar-refractivity contribution in [1.29, 1.82) is 0 Å². The smallest absolute Gasteiger partial charge is 0.263 e. The van der Waals surface area contributed by atoms with Gasteiger partial charge < -0.3 is 5.73 Å². The number of anilines is 2. The summed E-state index contributed by atoms with van der Waals surface area (Å²) in [6.07, 6.45) is 0. The maximum atomic E-state index is 12.4. The van der Waals surface area contributed by atoms with Crippen molar-refractivity contribution in [1.82, 2.24) is 10.2 Å². The Hall–Kier alpha value is -1.73. The van der Waals surface area contributed by atoms with E-state index in [-0.39, 0.29) is 21.7 Å². The Morgan fingerprint density at radius 2 is 2.00 bits per heavy atom. The number of H-pyrrole nitrogens is 1. The number of hydrogen-bond donors (Lipinski definition) is 3. The quantitative estimate of drug-likeness (QED) is 0.751. The topological polar surface area (TPSA) is 101 Å². The van der Waals surface area contributed by atoms with Crippen molar-refractivity contribution < 1.29 is 8.42 Å². The fraction of sp³-hybridized carbons (Fsp3) is 0.308. The van der Waals surface area contributed by atoms with Crippen molar-refractivity contribution in [2.45, 2.75) is 31.6 Å². The molecular weight excluding hydrogens is 312 g/mol. The highest BCUT2D eigenvalue weighted by atomic mass is 35.5. The molecule has 2 rings (SSSR count). The van der Waals surface area contributed by atoms with Crippen LogP contribution >= 0.6 is 11.6 Å². The van der Waals surface area contributed by atoms with Crippen molar-refractivity contribution in [2.24, 2.45) is 0 Å². The highest BCUT2D eigenvalue weighted by molar-refractivity contribution is 7.92. The van der Waals surface area contributed by atoms with Crippen LogP contribution in [-0.4, -0.2) is 18.6 Å². The summed E-state index contributed by atoms with van der Waals surface area (Å²) in [7, 11) is -3.80. The average molecular weight is 329 g/mol. The first-order valence-corrected chi connectivity index (χ1v) is 8.20. The number of benzene rings is 1. The second-order valence-corrected chi connectivity index (χ2v) is 7.17. The summed E-state index contributed by atoms with van der Waals surface area (Å²) in [5.41, 5.74) is 7.38. The number of nitrogens with one attached hydrogen (secondary N) is 2. The molecule has 0 atom stereocenters. The van der Waals surface area contributed by atoms with Crippen LogP contribution in [0.1, 0.15) is 31.0 Å². The summed E-state index contributed by atoms with van der Waals surface area (Å²) in [5, 5.41) is 7.00. The van der Waals surface area contributed by atoms with Crippen molar-refractivity contribution in [3.63, 3.8) is 0 Å². The fourth-order valence-corrected chi connectivity index (χ4v) is 3.41. The number of aromatic nitrogens is 2. The molecule has 2 aromatic rings. The molecule has 1 aromatic heterocycles. The van der Waals surface area contributed by atoms with E-state index in [0.717, 1.165) is 5.69 Å². The van der Waals surface area contributed by atoms with Crippen molar-refractivity contribution in [3.8, 4) is 0 Å². The first-order chi connectivity index (χ1) is 9.70. The van der Waals surface area contributed by atoms with Gasteiger partial charge in [-0.3, -0.25) is 9.82 Å². The predicted molar refractivity (Wildman–Crippen MR) is 84.1 cm³/mol. The van der Waals surface area contributed by atoms with Crippen LogP contribution in [0.25, 0.3) is 0 Å². The number of sulfonamides is 1. The van der Waals surface area contributed by atoms with Gasteiger partial charge in [-0.15, -0.1) is 0 Å². The molecule has 114 valence electrons. The van der Waals surface area contributed by atoms with Gasteiger partial charge in [-0.25, -0.2) is 8.42 Å². The number of nitrogen functional groups attached to an aromatic ring is 1. The molecule has 0 spiro atoms. The van der Waals surface area contributed by atoms with Crippen LogP contribution in [0.15, 0.2) is 23.1 Å². The highest BCUT2D eigenvalue weighted by Gasteiger charge is 2.20. The molecule has 0 radical (unpaired) electrons. The summed E-state index contributed by atoms with van der Waals surface area (Å²) in [6, 6.07) is 4.54. The lowest BCUT2D eigenvalue weighted by atomic mass is 10.1. The summed E-state index contributed by atoms with van der Waals surface area (Å²) in [5.74, 6) is 0.455. The van der Waals surface area contributed by atoms with Crippen molar-refractivity contribution in [3.05, 3.63) is 34.5 Å². The van der Waals surface area contributed by atoms with Gasteiger partial charge in [-0.1, -0.05) is 25.4 Å². The summed E-state index contributed by atoms with van der Waals surface area (Å²) in [6.45, 7) is 5.59. The first kappa shape index (κ1) is 15.7. The van der Waals surface area contributed by atoms with E-state index in [1.807, 2.05) is 13.8 Å². The molecule has 0 saturated heterocycles. The Bertz CT molecular complexity index is 768. The lowest BCUT2D eigenvalue weighted by molar-refractivity contribution is 0.600. The molecule has 6 nitrogen and oxygen atoms in total. The highest BCUT2D eigenvalue weighted by Crippen LogP contribution is 2.27. The van der Waals surface area contributed by atoms with Gasteiger partial charge in [-0.2, -0.15) is 5.10 Å². The fourth-order valence-electron chi connectivity index (χ4n) is 1.83. The van der Waals surface area contributed by atoms with E-state index in [0.29, 0.717) is 11.3 Å². The molecule has 0 aliphatic rings. The van der Waals surface area contributed by atoms with Gasteiger partial charge in [0.15, 0.2) is 5.82 Å². The SMILES string of the molecule is Cc1c(N)cc(Cl)cc1S(=O)(=O)Nc1cc(C(C)C)[nH]n1. The third-order valence-corrected chi connectivity index (χ3v) is 4.81. The second-order valence-electron chi connectivity index (χ2n) is 5.09. The molecule has 0 fully saturated rings. The maximum Gasteiger partial charge on any atom is 0.263 e. The summed E-state index contributed by atoms with van der Waals surface area (Å²) in [4.78, 5) is 0.0431. The third kappa shape index (κ3) is 3.30. The minimum atomic E-state index is -3.80. The van der Waals surface area contributed by atoms with E-state index in [9.17, 15) is 8.42 Å². The van der Waals surface area contributed by atoms with E-state index >= 15 is 0 Å². The number of nitrogens with two attached hydrogens (primary N) is 1. The summed E-state index contributed by atoms with van der Waals surface area (Å²) < 4.78 is 27.3. The van der Waals surface area contributed by atoms with Gasteiger partial charge in [0.25, 0.3) is 10.0 Å². The lowest BCUT2D eigenvalue weighted by Gasteiger charge is -2.11. The van der Waals surface area contributed by atoms with Gasteiger partial charge >= 0.3 is 0 Å². The normalized spacial score (nSPS) is 11.9. The van der Waals surface area contributed by atoms with Gasteiger partial charge in [0, 0.05) is 22.5 Å². The molecule has 4 N–H and O–H groups in total.